The molecule has 0 aromatic carbocycles. The van der Waals surface area contributed by atoms with Crippen molar-refractivity contribution >= 4 is 11.8 Å². The Balaban J connectivity index is 1.99. The summed E-state index contributed by atoms with van der Waals surface area (Å²) in [5, 5.41) is 8.85. The van der Waals surface area contributed by atoms with Crippen molar-refractivity contribution in [3.63, 3.8) is 0 Å². The third-order valence-electron chi connectivity index (χ3n) is 3.33. The lowest BCUT2D eigenvalue weighted by Gasteiger charge is -2.09. The lowest BCUT2D eigenvalue weighted by molar-refractivity contribution is 0.141. The Morgan fingerprint density at radius 3 is 2.92 bits per heavy atom. The van der Waals surface area contributed by atoms with E-state index in [1.165, 1.54) is 22.7 Å². The van der Waals surface area contributed by atoms with Gasteiger partial charge in [0.2, 0.25) is 5.88 Å². The maximum absolute atomic E-state index is 13.6. The van der Waals surface area contributed by atoms with E-state index in [9.17, 15) is 9.18 Å². The Morgan fingerprint density at radius 2 is 2.21 bits per heavy atom. The molecule has 0 aliphatic heterocycles. The molecule has 7 nitrogen and oxygen atoms in total. The fraction of sp³-hybridized carbons (Fsp3) is 0.188. The van der Waals surface area contributed by atoms with Crippen LogP contribution in [0.2, 0.25) is 0 Å². The number of nitrogens with zero attached hydrogens (tertiary/aromatic N) is 3. The zero-order valence-corrected chi connectivity index (χ0v) is 13.0. The molecule has 1 N–H and O–H groups in total. The first-order valence-electron chi connectivity index (χ1n) is 7.08. The van der Waals surface area contributed by atoms with Crippen LogP contribution in [-0.2, 0) is 6.61 Å². The third kappa shape index (κ3) is 2.98. The summed E-state index contributed by atoms with van der Waals surface area (Å²) in [6.45, 7) is 3.36. The highest BCUT2D eigenvalue weighted by atomic mass is 19.1. The van der Waals surface area contributed by atoms with Crippen LogP contribution >= 0.6 is 0 Å². The number of imidazole rings is 1. The molecule has 24 heavy (non-hydrogen) atoms. The summed E-state index contributed by atoms with van der Waals surface area (Å²) in [4.78, 5) is 19.0. The van der Waals surface area contributed by atoms with Crippen molar-refractivity contribution in [2.24, 2.45) is 0 Å². The quantitative estimate of drug-likeness (QED) is 0.739. The summed E-state index contributed by atoms with van der Waals surface area (Å²) >= 11 is 0. The van der Waals surface area contributed by atoms with Gasteiger partial charge >= 0.3 is 6.16 Å². The number of halogens is 1. The second kappa shape index (κ2) is 6.15. The van der Waals surface area contributed by atoms with E-state index in [0.29, 0.717) is 17.1 Å². The average Bonchev–Trinajstić information content (AvgIpc) is 2.82. The predicted octanol–water partition coefficient (Wildman–Crippen LogP) is 3.12. The topological polar surface area (TPSA) is 86.0 Å². The molecule has 3 rings (SSSR count). The number of rotatable bonds is 4. The first-order valence-corrected chi connectivity index (χ1v) is 7.08. The van der Waals surface area contributed by atoms with Crippen LogP contribution in [0.3, 0.4) is 0 Å². The molecule has 0 aliphatic rings. The Kier molecular flexibility index (Phi) is 4.03. The van der Waals surface area contributed by atoms with Crippen molar-refractivity contribution in [2.75, 3.05) is 0 Å². The molecule has 0 aliphatic carbocycles. The Morgan fingerprint density at radius 1 is 1.42 bits per heavy atom. The standard InChI is InChI=1S/C16H14FN3O4/c1-9-6-13(23-8-12-11(17)4-3-5-18-12)14-19-10(2)15(20(14)7-9)24-16(21)22/h3-7H,8H2,1-2H3,(H,21,22). The monoisotopic (exact) mass is 331 g/mol. The average molecular weight is 331 g/mol. The van der Waals surface area contributed by atoms with Gasteiger partial charge in [-0.25, -0.2) is 14.2 Å². The maximum Gasteiger partial charge on any atom is 0.512 e. The number of aryl methyl sites for hydroxylation is 2. The van der Waals surface area contributed by atoms with Gasteiger partial charge in [0.05, 0.1) is 0 Å². The van der Waals surface area contributed by atoms with Crippen LogP contribution in [0.4, 0.5) is 9.18 Å². The largest absolute Gasteiger partial charge is 0.512 e. The van der Waals surface area contributed by atoms with Crippen LogP contribution in [0.1, 0.15) is 17.0 Å². The molecule has 0 fully saturated rings. The third-order valence-corrected chi connectivity index (χ3v) is 3.33. The van der Waals surface area contributed by atoms with E-state index in [4.69, 9.17) is 14.6 Å². The molecule has 0 saturated carbocycles. The fourth-order valence-corrected chi connectivity index (χ4v) is 2.32. The van der Waals surface area contributed by atoms with E-state index in [0.717, 1.165) is 5.56 Å². The van der Waals surface area contributed by atoms with Crippen LogP contribution in [0.15, 0.2) is 30.6 Å². The van der Waals surface area contributed by atoms with Crippen LogP contribution < -0.4 is 9.47 Å². The van der Waals surface area contributed by atoms with E-state index in [1.807, 2.05) is 6.92 Å². The molecular weight excluding hydrogens is 317 g/mol. The minimum atomic E-state index is -1.43. The predicted molar refractivity (Wildman–Crippen MR) is 81.8 cm³/mol. The Bertz CT molecular complexity index is 923. The van der Waals surface area contributed by atoms with E-state index in [-0.39, 0.29) is 18.2 Å². The van der Waals surface area contributed by atoms with Crippen molar-refractivity contribution in [1.82, 2.24) is 14.4 Å². The minimum absolute atomic E-state index is 0.0766. The second-order valence-electron chi connectivity index (χ2n) is 5.17. The van der Waals surface area contributed by atoms with Crippen molar-refractivity contribution in [3.05, 3.63) is 53.4 Å². The van der Waals surface area contributed by atoms with Gasteiger partial charge in [0, 0.05) is 12.4 Å². The van der Waals surface area contributed by atoms with Crippen LogP contribution in [0.25, 0.3) is 5.65 Å². The Labute approximate surface area is 136 Å². The summed E-state index contributed by atoms with van der Waals surface area (Å²) in [5.74, 6) is 0.00838. The summed E-state index contributed by atoms with van der Waals surface area (Å²) in [7, 11) is 0. The second-order valence-corrected chi connectivity index (χ2v) is 5.17. The molecule has 3 aromatic rings. The van der Waals surface area contributed by atoms with Crippen molar-refractivity contribution in [2.45, 2.75) is 20.5 Å². The highest BCUT2D eigenvalue weighted by Gasteiger charge is 2.17. The molecule has 0 amide bonds. The molecule has 3 aromatic heterocycles. The molecule has 0 bridgehead atoms. The summed E-state index contributed by atoms with van der Waals surface area (Å²) in [6, 6.07) is 4.53. The molecule has 124 valence electrons. The van der Waals surface area contributed by atoms with E-state index >= 15 is 0 Å². The zero-order chi connectivity index (χ0) is 17.3. The van der Waals surface area contributed by atoms with Gasteiger partial charge in [0.25, 0.3) is 0 Å². The van der Waals surface area contributed by atoms with E-state index in [2.05, 4.69) is 9.97 Å². The summed E-state index contributed by atoms with van der Waals surface area (Å²) in [5.41, 5.74) is 1.75. The highest BCUT2D eigenvalue weighted by molar-refractivity contribution is 5.64. The summed E-state index contributed by atoms with van der Waals surface area (Å²) in [6.07, 6.45) is 1.73. The summed E-state index contributed by atoms with van der Waals surface area (Å²) < 4.78 is 25.6. The molecule has 8 heteroatoms. The van der Waals surface area contributed by atoms with Crippen LogP contribution in [0, 0.1) is 19.7 Å². The van der Waals surface area contributed by atoms with E-state index in [1.54, 1.807) is 19.2 Å². The number of carboxylic acid groups (broad SMARTS) is 1. The van der Waals surface area contributed by atoms with Gasteiger partial charge in [0.1, 0.15) is 23.8 Å². The van der Waals surface area contributed by atoms with Gasteiger partial charge in [-0.3, -0.25) is 9.38 Å². The van der Waals surface area contributed by atoms with Gasteiger partial charge in [-0.1, -0.05) is 0 Å². The lowest BCUT2D eigenvalue weighted by Crippen LogP contribution is -2.07. The normalized spacial score (nSPS) is 10.8. The molecule has 3 heterocycles. The number of aromatic nitrogens is 3. The van der Waals surface area contributed by atoms with Gasteiger partial charge in [0.15, 0.2) is 11.4 Å². The number of hydrogen-bond donors (Lipinski definition) is 1. The number of ether oxygens (including phenoxy) is 2. The molecule has 0 unspecified atom stereocenters. The van der Waals surface area contributed by atoms with Crippen LogP contribution in [0.5, 0.6) is 11.6 Å². The van der Waals surface area contributed by atoms with Gasteiger partial charge < -0.3 is 14.6 Å². The number of fused-ring (bicyclic) bond motifs is 1. The number of carbonyl (C=O) groups is 1. The number of pyridine rings is 2. The lowest BCUT2D eigenvalue weighted by atomic mass is 10.3. The van der Waals surface area contributed by atoms with Gasteiger partial charge in [-0.05, 0) is 37.6 Å². The fourth-order valence-electron chi connectivity index (χ4n) is 2.32. The first kappa shape index (κ1) is 15.7. The number of hydrogen-bond acceptors (Lipinski definition) is 5. The first-order chi connectivity index (χ1) is 11.5. The molecule has 0 radical (unpaired) electrons. The van der Waals surface area contributed by atoms with Gasteiger partial charge in [-0.15, -0.1) is 0 Å². The molecule has 0 atom stereocenters. The maximum atomic E-state index is 13.6. The van der Waals surface area contributed by atoms with Crippen LogP contribution in [-0.4, -0.2) is 25.6 Å². The SMILES string of the molecule is Cc1cc(OCc2ncccc2F)c2nc(C)c(OC(=O)O)n2c1. The zero-order valence-electron chi connectivity index (χ0n) is 13.0. The smallest absolute Gasteiger partial charge is 0.483 e. The van der Waals surface area contributed by atoms with E-state index < -0.39 is 12.0 Å². The van der Waals surface area contributed by atoms with Crippen molar-refractivity contribution < 1.29 is 23.8 Å². The molecule has 0 spiro atoms. The van der Waals surface area contributed by atoms with Crippen molar-refractivity contribution in [3.8, 4) is 11.6 Å². The highest BCUT2D eigenvalue weighted by Crippen LogP contribution is 2.28. The minimum Gasteiger partial charge on any atom is -0.483 e. The Hall–Kier alpha value is -3.16. The van der Waals surface area contributed by atoms with Crippen molar-refractivity contribution in [1.29, 1.82) is 0 Å². The van der Waals surface area contributed by atoms with Gasteiger partial charge in [-0.2, -0.15) is 0 Å². The molecular formula is C16H14FN3O4. The molecule has 0 saturated heterocycles.